The average molecular weight is 286 g/mol. The minimum absolute atomic E-state index is 0.208. The van der Waals surface area contributed by atoms with Crippen LogP contribution in [0.15, 0.2) is 21.5 Å². The molecular formula is C9H8BrN3O3. The highest BCUT2D eigenvalue weighted by molar-refractivity contribution is 9.10. The number of nitrogens with one attached hydrogen (secondary N) is 1. The number of aromatic amines is 1. The Kier molecular flexibility index (Phi) is 2.78. The monoisotopic (exact) mass is 285 g/mol. The summed E-state index contributed by atoms with van der Waals surface area (Å²) in [4.78, 5) is 29.5. The normalized spacial score (nSPS) is 10.6. The van der Waals surface area contributed by atoms with E-state index >= 15 is 0 Å². The van der Waals surface area contributed by atoms with Crippen molar-refractivity contribution < 1.29 is 9.53 Å². The van der Waals surface area contributed by atoms with Crippen LogP contribution in [0.1, 0.15) is 6.92 Å². The number of H-pyrrole nitrogens is 1. The molecule has 0 fully saturated rings. The standard InChI is InChI=1S/C9H8BrN3O3/c1-2-16-9(15)13-6-3-5(10)4-11-7(6)12-8(13)14/h3-4H,2H2,1H3,(H,11,12,14). The zero-order chi connectivity index (χ0) is 11.7. The van der Waals surface area contributed by atoms with Crippen LogP contribution in [0.3, 0.4) is 0 Å². The third-order valence-electron chi connectivity index (χ3n) is 1.95. The summed E-state index contributed by atoms with van der Waals surface area (Å²) in [7, 11) is 0. The van der Waals surface area contributed by atoms with Gasteiger partial charge in [0.25, 0.3) is 0 Å². The lowest BCUT2D eigenvalue weighted by atomic mass is 10.4. The molecule has 0 aliphatic heterocycles. The Balaban J connectivity index is 2.67. The lowest BCUT2D eigenvalue weighted by molar-refractivity contribution is 0.154. The second-order valence-electron chi connectivity index (χ2n) is 2.99. The third kappa shape index (κ3) is 1.73. The molecule has 0 saturated heterocycles. The van der Waals surface area contributed by atoms with Gasteiger partial charge in [0.2, 0.25) is 0 Å². The first-order valence-electron chi connectivity index (χ1n) is 4.57. The fraction of sp³-hybridized carbons (Fsp3) is 0.222. The maximum atomic E-state index is 11.5. The molecule has 0 aromatic carbocycles. The molecule has 16 heavy (non-hydrogen) atoms. The largest absolute Gasteiger partial charge is 0.449 e. The van der Waals surface area contributed by atoms with E-state index in [1.54, 1.807) is 13.0 Å². The zero-order valence-electron chi connectivity index (χ0n) is 8.36. The van der Waals surface area contributed by atoms with Crippen molar-refractivity contribution in [2.24, 2.45) is 0 Å². The molecule has 0 radical (unpaired) electrons. The lowest BCUT2D eigenvalue weighted by Crippen LogP contribution is -2.25. The van der Waals surface area contributed by atoms with E-state index in [0.717, 1.165) is 4.57 Å². The van der Waals surface area contributed by atoms with Crippen LogP contribution in [0.25, 0.3) is 11.2 Å². The molecular weight excluding hydrogens is 278 g/mol. The average Bonchev–Trinajstić information content (AvgIpc) is 2.53. The zero-order valence-corrected chi connectivity index (χ0v) is 9.94. The molecule has 7 heteroatoms. The van der Waals surface area contributed by atoms with Crippen LogP contribution in [-0.2, 0) is 4.74 Å². The second kappa shape index (κ2) is 4.09. The van der Waals surface area contributed by atoms with Gasteiger partial charge in [-0.1, -0.05) is 0 Å². The Labute approximate surface area is 98.4 Å². The Morgan fingerprint density at radius 2 is 2.44 bits per heavy atom. The Morgan fingerprint density at radius 3 is 3.12 bits per heavy atom. The van der Waals surface area contributed by atoms with E-state index in [-0.39, 0.29) is 6.61 Å². The van der Waals surface area contributed by atoms with Crippen LogP contribution >= 0.6 is 15.9 Å². The number of carbonyl (C=O) groups is 1. The summed E-state index contributed by atoms with van der Waals surface area (Å²) in [5.41, 5.74) is 0.179. The van der Waals surface area contributed by atoms with Crippen molar-refractivity contribution in [2.45, 2.75) is 6.92 Å². The van der Waals surface area contributed by atoms with Gasteiger partial charge in [-0.2, -0.15) is 4.57 Å². The number of rotatable bonds is 1. The minimum atomic E-state index is -0.710. The fourth-order valence-corrected chi connectivity index (χ4v) is 1.65. The van der Waals surface area contributed by atoms with Gasteiger partial charge < -0.3 is 4.74 Å². The number of ether oxygens (including phenoxy) is 1. The first-order valence-corrected chi connectivity index (χ1v) is 5.36. The van der Waals surface area contributed by atoms with E-state index in [9.17, 15) is 9.59 Å². The molecule has 2 heterocycles. The van der Waals surface area contributed by atoms with E-state index in [0.29, 0.717) is 15.6 Å². The van der Waals surface area contributed by atoms with Gasteiger partial charge in [0.1, 0.15) is 5.52 Å². The topological polar surface area (TPSA) is 77.0 Å². The number of halogens is 1. The summed E-state index contributed by atoms with van der Waals surface area (Å²) in [6.45, 7) is 1.88. The number of carbonyl (C=O) groups excluding carboxylic acids is 1. The fourth-order valence-electron chi connectivity index (χ4n) is 1.33. The Morgan fingerprint density at radius 1 is 1.69 bits per heavy atom. The highest BCUT2D eigenvalue weighted by Gasteiger charge is 2.15. The molecule has 0 saturated carbocycles. The van der Waals surface area contributed by atoms with Crippen LogP contribution in [0.2, 0.25) is 0 Å². The molecule has 0 unspecified atom stereocenters. The number of nitrogens with zero attached hydrogens (tertiary/aromatic N) is 2. The first-order chi connectivity index (χ1) is 7.63. The number of fused-ring (bicyclic) bond motifs is 1. The van der Waals surface area contributed by atoms with Crippen molar-refractivity contribution in [3.8, 4) is 0 Å². The van der Waals surface area contributed by atoms with Crippen molar-refractivity contribution in [1.82, 2.24) is 14.5 Å². The summed E-state index contributed by atoms with van der Waals surface area (Å²) in [6, 6.07) is 1.62. The third-order valence-corrected chi connectivity index (χ3v) is 2.39. The summed E-state index contributed by atoms with van der Waals surface area (Å²) in [5, 5.41) is 0. The molecule has 2 rings (SSSR count). The van der Waals surface area contributed by atoms with Crippen molar-refractivity contribution in [3.05, 3.63) is 27.2 Å². The first kappa shape index (κ1) is 10.9. The van der Waals surface area contributed by atoms with Gasteiger partial charge in [0.05, 0.1) is 6.61 Å². The molecule has 6 nitrogen and oxygen atoms in total. The van der Waals surface area contributed by atoms with Crippen molar-refractivity contribution in [2.75, 3.05) is 6.61 Å². The molecule has 2 aromatic rings. The number of pyridine rings is 1. The van der Waals surface area contributed by atoms with E-state index in [4.69, 9.17) is 4.74 Å². The molecule has 0 spiro atoms. The van der Waals surface area contributed by atoms with Crippen LogP contribution < -0.4 is 5.69 Å². The SMILES string of the molecule is CCOC(=O)n1c(=O)[nH]c2ncc(Br)cc21. The van der Waals surface area contributed by atoms with E-state index in [2.05, 4.69) is 25.9 Å². The minimum Gasteiger partial charge on any atom is -0.449 e. The Bertz CT molecular complexity index is 602. The van der Waals surface area contributed by atoms with Gasteiger partial charge in [0.15, 0.2) is 5.65 Å². The van der Waals surface area contributed by atoms with E-state index in [1.165, 1.54) is 6.20 Å². The van der Waals surface area contributed by atoms with E-state index < -0.39 is 11.8 Å². The van der Waals surface area contributed by atoms with Gasteiger partial charge in [-0.3, -0.25) is 4.98 Å². The van der Waals surface area contributed by atoms with Gasteiger partial charge in [-0.05, 0) is 28.9 Å². The molecule has 0 atom stereocenters. The smallest absolute Gasteiger partial charge is 0.422 e. The maximum Gasteiger partial charge on any atom is 0.422 e. The molecule has 1 N–H and O–H groups in total. The summed E-state index contributed by atoms with van der Waals surface area (Å²) in [5.74, 6) is 0. The number of imidazole rings is 1. The van der Waals surface area contributed by atoms with Crippen molar-refractivity contribution in [3.63, 3.8) is 0 Å². The van der Waals surface area contributed by atoms with Crippen LogP contribution in [-0.4, -0.2) is 27.2 Å². The summed E-state index contributed by atoms with van der Waals surface area (Å²) in [6.07, 6.45) is 0.826. The van der Waals surface area contributed by atoms with Crippen molar-refractivity contribution >= 4 is 33.2 Å². The predicted molar refractivity (Wildman–Crippen MR) is 60.5 cm³/mol. The van der Waals surface area contributed by atoms with Crippen LogP contribution in [0, 0.1) is 0 Å². The van der Waals surface area contributed by atoms with Gasteiger partial charge in [-0.15, -0.1) is 0 Å². The van der Waals surface area contributed by atoms with Crippen LogP contribution in [0.5, 0.6) is 0 Å². The molecule has 0 aliphatic rings. The predicted octanol–water partition coefficient (Wildman–Crippen LogP) is 1.49. The molecule has 0 aliphatic carbocycles. The van der Waals surface area contributed by atoms with Crippen LogP contribution in [0.4, 0.5) is 4.79 Å². The number of aromatic nitrogens is 3. The molecule has 0 amide bonds. The number of hydrogen-bond donors (Lipinski definition) is 1. The van der Waals surface area contributed by atoms with Gasteiger partial charge in [-0.25, -0.2) is 14.6 Å². The molecule has 2 aromatic heterocycles. The van der Waals surface area contributed by atoms with Crippen molar-refractivity contribution in [1.29, 1.82) is 0 Å². The molecule has 0 bridgehead atoms. The van der Waals surface area contributed by atoms with E-state index in [1.807, 2.05) is 0 Å². The second-order valence-corrected chi connectivity index (χ2v) is 3.90. The summed E-state index contributed by atoms with van der Waals surface area (Å²) < 4.78 is 6.37. The van der Waals surface area contributed by atoms with Gasteiger partial charge >= 0.3 is 11.8 Å². The van der Waals surface area contributed by atoms with Gasteiger partial charge in [0, 0.05) is 10.7 Å². The number of hydrogen-bond acceptors (Lipinski definition) is 4. The highest BCUT2D eigenvalue weighted by Crippen LogP contribution is 2.14. The maximum absolute atomic E-state index is 11.5. The Hall–Kier alpha value is -1.63. The molecule has 84 valence electrons. The quantitative estimate of drug-likeness (QED) is 0.861. The lowest BCUT2D eigenvalue weighted by Gasteiger charge is -2.01. The summed E-state index contributed by atoms with van der Waals surface area (Å²) >= 11 is 3.22. The highest BCUT2D eigenvalue weighted by atomic mass is 79.9.